The van der Waals surface area contributed by atoms with Gasteiger partial charge in [-0.1, -0.05) is 114 Å². The number of amides is 7. The molecule has 0 spiro atoms. The zero-order chi connectivity index (χ0) is 65.3. The van der Waals surface area contributed by atoms with Crippen molar-refractivity contribution in [2.45, 2.75) is 175 Å². The number of carbonyl (C=O) groups excluding carboxylic acids is 10. The van der Waals surface area contributed by atoms with Crippen molar-refractivity contribution < 1.29 is 71.7 Å². The molecule has 3 heterocycles. The molecule has 0 bridgehead atoms. The first kappa shape index (κ1) is 73.1. The highest BCUT2D eigenvalue weighted by Crippen LogP contribution is 2.38. The number of imide groups is 1. The van der Waals surface area contributed by atoms with E-state index in [1.165, 1.54) is 38.3 Å². The van der Waals surface area contributed by atoms with Gasteiger partial charge in [0, 0.05) is 80.7 Å². The SMILES string of the molecule is CCC(C)C(NC(=O)C1CCCCN1C)C(=O)N(COC(=O)CC(C)C)C(CC(OC(C)=O)c1nc(C(=O)NC(Cc2ccc(OC(=O)N(C)c3ccccc3SSCCC(=O)NCCOCCC(=O)ON3C(=O)CCC3=O)cc2)CC(C)C)cs1)C(C)C. The summed E-state index contributed by atoms with van der Waals surface area (Å²) in [5.41, 5.74) is 1.59. The van der Waals surface area contributed by atoms with Gasteiger partial charge in [0.05, 0.1) is 31.4 Å². The lowest BCUT2D eigenvalue weighted by molar-refractivity contribution is -0.198. The van der Waals surface area contributed by atoms with E-state index in [-0.39, 0.29) is 106 Å². The average Bonchev–Trinajstić information content (AvgIpc) is 3.72. The van der Waals surface area contributed by atoms with E-state index in [9.17, 15) is 43.2 Å². The number of para-hydroxylation sites is 1. The second kappa shape index (κ2) is 36.9. The van der Waals surface area contributed by atoms with Crippen molar-refractivity contribution in [3.05, 3.63) is 70.2 Å². The largest absolute Gasteiger partial charge is 0.455 e. The Bertz CT molecular complexity index is 2860. The fraction of sp³-hybridized carbons (Fsp3) is 0.603. The van der Waals surface area contributed by atoms with Gasteiger partial charge in [-0.05, 0) is 92.8 Å². The van der Waals surface area contributed by atoms with E-state index in [2.05, 4.69) is 29.8 Å². The van der Waals surface area contributed by atoms with E-state index < -0.39 is 78.6 Å². The van der Waals surface area contributed by atoms with E-state index >= 15 is 4.79 Å². The Hall–Kier alpha value is -6.61. The Balaban J connectivity index is 1.17. The quantitative estimate of drug-likeness (QED) is 0.0163. The lowest BCUT2D eigenvalue weighted by Crippen LogP contribution is -2.59. The van der Waals surface area contributed by atoms with Crippen LogP contribution < -0.4 is 25.6 Å². The van der Waals surface area contributed by atoms with E-state index in [4.69, 9.17) is 28.8 Å². The van der Waals surface area contributed by atoms with Gasteiger partial charge in [0.1, 0.15) is 22.5 Å². The molecule has 2 saturated heterocycles. The summed E-state index contributed by atoms with van der Waals surface area (Å²) in [5.74, 6) is -3.85. The number of ether oxygens (including phenoxy) is 4. The molecule has 0 aliphatic carbocycles. The molecule has 26 heteroatoms. The molecule has 2 fully saturated rings. The van der Waals surface area contributed by atoms with Gasteiger partial charge in [-0.3, -0.25) is 48.2 Å². The van der Waals surface area contributed by atoms with Gasteiger partial charge >= 0.3 is 24.0 Å². The molecule has 7 amide bonds. The smallest absolute Gasteiger partial charge is 0.419 e. The monoisotopic (exact) mass is 1290 g/mol. The average molecular weight is 1300 g/mol. The highest BCUT2D eigenvalue weighted by atomic mass is 33.1. The number of piperidine rings is 1. The molecule has 3 aromatic rings. The minimum absolute atomic E-state index is 0.00348. The van der Waals surface area contributed by atoms with Gasteiger partial charge in [0.25, 0.3) is 17.7 Å². The standard InChI is InChI=1S/C63H90N8O15S3/c1-12-42(8)58(67-60(79)49-18-15-16-29-68(49)10)62(80)70(38-83-57(77)34-40(4)5)50(41(6)7)36-51(84-43(9)72)61-66-47(37-87-61)59(78)65-45(33-39(2)3)35-44-20-22-46(23-21-44)85-63(81)69(11)48-17-13-14-19-52(48)89-88-32-27-53(73)64-28-31-82-30-26-56(76)86-71-54(74)24-25-55(71)75/h13-14,17,19-23,37,39-42,45,49-51,58H,12,15-16,18,24-36,38H2,1-11H3,(H,64,73)(H,65,78)(H,67,79). The molecule has 5 rings (SSSR count). The number of aromatic nitrogens is 1. The van der Waals surface area contributed by atoms with Crippen LogP contribution in [0.15, 0.2) is 58.8 Å². The second-order valence-electron chi connectivity index (χ2n) is 23.6. The van der Waals surface area contributed by atoms with E-state index in [0.29, 0.717) is 52.9 Å². The number of likely N-dealkylation sites (tertiary alicyclic amines) is 1. The van der Waals surface area contributed by atoms with Gasteiger partial charge < -0.3 is 44.6 Å². The molecule has 6 atom stereocenters. The molecular formula is C63H90N8O15S3. The van der Waals surface area contributed by atoms with Crippen LogP contribution in [0, 0.1) is 23.7 Å². The normalized spacial score (nSPS) is 16.1. The molecule has 2 aromatic carbocycles. The molecule has 89 heavy (non-hydrogen) atoms. The maximum atomic E-state index is 15.0. The molecule has 0 radical (unpaired) electrons. The van der Waals surface area contributed by atoms with Crippen molar-refractivity contribution in [3.8, 4) is 5.75 Å². The number of rotatable bonds is 35. The predicted molar refractivity (Wildman–Crippen MR) is 339 cm³/mol. The zero-order valence-electron chi connectivity index (χ0n) is 53.2. The Morgan fingerprint density at radius 2 is 1.56 bits per heavy atom. The number of thiazole rings is 1. The third-order valence-corrected chi connectivity index (χ3v) is 18.4. The van der Waals surface area contributed by atoms with Crippen molar-refractivity contribution >= 4 is 98.1 Å². The molecule has 6 unspecified atom stereocenters. The van der Waals surface area contributed by atoms with Crippen LogP contribution in [0.25, 0.3) is 0 Å². The Kier molecular flexibility index (Phi) is 30.3. The highest BCUT2D eigenvalue weighted by molar-refractivity contribution is 8.76. The first-order chi connectivity index (χ1) is 42.3. The Morgan fingerprint density at radius 3 is 2.21 bits per heavy atom. The zero-order valence-corrected chi connectivity index (χ0v) is 55.7. The maximum Gasteiger partial charge on any atom is 0.419 e. The molecule has 2 aliphatic heterocycles. The Morgan fingerprint density at radius 1 is 0.854 bits per heavy atom. The van der Waals surface area contributed by atoms with Gasteiger partial charge in [-0.2, -0.15) is 0 Å². The van der Waals surface area contributed by atoms with Crippen LogP contribution in [0.5, 0.6) is 5.75 Å². The summed E-state index contributed by atoms with van der Waals surface area (Å²) in [6.07, 6.45) is 2.79. The van der Waals surface area contributed by atoms with Crippen molar-refractivity contribution in [1.29, 1.82) is 0 Å². The molecule has 0 saturated carbocycles. The van der Waals surface area contributed by atoms with Crippen LogP contribution in [-0.4, -0.2) is 156 Å². The van der Waals surface area contributed by atoms with E-state index in [1.807, 2.05) is 77.8 Å². The van der Waals surface area contributed by atoms with Crippen LogP contribution in [0.2, 0.25) is 0 Å². The van der Waals surface area contributed by atoms with Crippen molar-refractivity contribution in [2.75, 3.05) is 57.8 Å². The minimum atomic E-state index is -1.00. The predicted octanol–water partition coefficient (Wildman–Crippen LogP) is 8.84. The number of carbonyl (C=O) groups is 10. The topological polar surface area (TPSA) is 279 Å². The first-order valence-electron chi connectivity index (χ1n) is 30.6. The van der Waals surface area contributed by atoms with Gasteiger partial charge in [0.15, 0.2) is 12.8 Å². The molecule has 1 aromatic heterocycles. The number of hydroxylamine groups is 2. The number of benzene rings is 2. The van der Waals surface area contributed by atoms with Gasteiger partial charge in [0.2, 0.25) is 17.7 Å². The molecule has 2 aliphatic rings. The maximum absolute atomic E-state index is 15.0. The fourth-order valence-corrected chi connectivity index (χ4v) is 13.1. The van der Waals surface area contributed by atoms with E-state index in [1.54, 1.807) is 36.7 Å². The highest BCUT2D eigenvalue weighted by Gasteiger charge is 2.40. The van der Waals surface area contributed by atoms with Crippen molar-refractivity contribution in [3.63, 3.8) is 0 Å². The van der Waals surface area contributed by atoms with Crippen molar-refractivity contribution in [2.24, 2.45) is 23.7 Å². The summed E-state index contributed by atoms with van der Waals surface area (Å²) < 4.78 is 22.9. The number of likely N-dealkylation sites (N-methyl/N-ethyl adjacent to an activating group) is 1. The summed E-state index contributed by atoms with van der Waals surface area (Å²) in [7, 11) is 6.36. The summed E-state index contributed by atoms with van der Waals surface area (Å²) in [4.78, 5) is 145. The number of hydrogen-bond acceptors (Lipinski definition) is 20. The Labute approximate surface area is 534 Å². The summed E-state index contributed by atoms with van der Waals surface area (Å²) in [5, 5.41) is 11.4. The van der Waals surface area contributed by atoms with Gasteiger partial charge in [-0.25, -0.2) is 14.6 Å². The second-order valence-corrected chi connectivity index (χ2v) is 26.9. The van der Waals surface area contributed by atoms with Crippen LogP contribution >= 0.6 is 32.9 Å². The summed E-state index contributed by atoms with van der Waals surface area (Å²) in [6.45, 7) is 17.6. The summed E-state index contributed by atoms with van der Waals surface area (Å²) in [6, 6.07) is 12.0. The molecule has 490 valence electrons. The number of nitrogens with zero attached hydrogens (tertiary/aromatic N) is 5. The molecular weight excluding hydrogens is 1200 g/mol. The lowest BCUT2D eigenvalue weighted by Gasteiger charge is -2.39. The minimum Gasteiger partial charge on any atom is -0.455 e. The third kappa shape index (κ3) is 23.9. The first-order valence-corrected chi connectivity index (χ1v) is 33.8. The number of anilines is 1. The summed E-state index contributed by atoms with van der Waals surface area (Å²) >= 11 is 1.15. The van der Waals surface area contributed by atoms with E-state index in [0.717, 1.165) is 41.2 Å². The third-order valence-electron chi connectivity index (χ3n) is 15.0. The molecule has 23 nitrogen and oxygen atoms in total. The fourth-order valence-electron chi connectivity index (χ4n) is 10.0. The lowest BCUT2D eigenvalue weighted by atomic mass is 9.92. The number of hydrogen-bond donors (Lipinski definition) is 3. The van der Waals surface area contributed by atoms with Crippen LogP contribution in [0.4, 0.5) is 10.5 Å². The van der Waals surface area contributed by atoms with Crippen molar-refractivity contribution in [1.82, 2.24) is 35.8 Å². The van der Waals surface area contributed by atoms with Crippen LogP contribution in [-0.2, 0) is 63.8 Å². The van der Waals surface area contributed by atoms with Gasteiger partial charge in [-0.15, -0.1) is 16.4 Å². The molecule has 3 N–H and O–H groups in total. The van der Waals surface area contributed by atoms with Crippen LogP contribution in [0.3, 0.4) is 0 Å². The van der Waals surface area contributed by atoms with Crippen LogP contribution in [0.1, 0.15) is 160 Å². The number of nitrogens with one attached hydrogen (secondary N) is 3. The number of esters is 2.